The van der Waals surface area contributed by atoms with E-state index >= 15 is 0 Å². The highest BCUT2D eigenvalue weighted by atomic mass is 32.2. The number of aromatic nitrogens is 1. The number of aryl methyl sites for hydroxylation is 1. The van der Waals surface area contributed by atoms with Gasteiger partial charge in [-0.05, 0) is 25.1 Å². The van der Waals surface area contributed by atoms with Gasteiger partial charge in [0.05, 0.1) is 24.6 Å². The summed E-state index contributed by atoms with van der Waals surface area (Å²) in [6, 6.07) is 11.7. The smallest absolute Gasteiger partial charge is 0.252 e. The lowest BCUT2D eigenvalue weighted by atomic mass is 10.2. The molecule has 1 heterocycles. The van der Waals surface area contributed by atoms with Crippen molar-refractivity contribution in [3.8, 4) is 17.2 Å². The number of fused-ring (bicyclic) bond motifs is 1. The van der Waals surface area contributed by atoms with E-state index in [4.69, 9.17) is 13.7 Å². The maximum Gasteiger partial charge on any atom is 0.252 e. The summed E-state index contributed by atoms with van der Waals surface area (Å²) >= 11 is -1.75. The molecule has 130 valence electrons. The van der Waals surface area contributed by atoms with E-state index < -0.39 is 11.1 Å². The van der Waals surface area contributed by atoms with Gasteiger partial charge in [0.15, 0.2) is 17.2 Å². The zero-order chi connectivity index (χ0) is 18.0. The predicted molar refractivity (Wildman–Crippen MR) is 95.9 cm³/mol. The number of H-pyrrole nitrogens is 1. The summed E-state index contributed by atoms with van der Waals surface area (Å²) in [6.45, 7) is 1.94. The van der Waals surface area contributed by atoms with E-state index in [0.29, 0.717) is 27.3 Å². The van der Waals surface area contributed by atoms with Crippen LogP contribution in [0.25, 0.3) is 10.9 Å². The Morgan fingerprint density at radius 3 is 2.20 bits per heavy atom. The lowest BCUT2D eigenvalue weighted by molar-refractivity contribution is 0.355. The van der Waals surface area contributed by atoms with Crippen LogP contribution in [0.3, 0.4) is 0 Å². The zero-order valence-electron chi connectivity index (χ0n) is 14.0. The van der Waals surface area contributed by atoms with Crippen molar-refractivity contribution in [2.75, 3.05) is 14.2 Å². The van der Waals surface area contributed by atoms with Gasteiger partial charge in [-0.1, -0.05) is 17.7 Å². The third-order valence-corrected chi connectivity index (χ3v) is 4.68. The first-order chi connectivity index (χ1) is 12.0. The van der Waals surface area contributed by atoms with Gasteiger partial charge in [-0.15, -0.1) is 0 Å². The van der Waals surface area contributed by atoms with Crippen molar-refractivity contribution in [2.24, 2.45) is 0 Å². The Bertz CT molecular complexity index is 995. The van der Waals surface area contributed by atoms with Crippen LogP contribution in [0.2, 0.25) is 0 Å². The Balaban J connectivity index is 2.07. The van der Waals surface area contributed by atoms with Gasteiger partial charge in [-0.2, -0.15) is 0 Å². The summed E-state index contributed by atoms with van der Waals surface area (Å²) < 4.78 is 28.6. The molecule has 1 unspecified atom stereocenters. The van der Waals surface area contributed by atoms with Crippen molar-refractivity contribution < 1.29 is 17.9 Å². The first kappa shape index (κ1) is 17.0. The second-order valence-corrected chi connectivity index (χ2v) is 6.49. The van der Waals surface area contributed by atoms with Crippen LogP contribution in [-0.2, 0) is 11.1 Å². The van der Waals surface area contributed by atoms with Crippen LogP contribution in [0.15, 0.2) is 52.2 Å². The molecule has 25 heavy (non-hydrogen) atoms. The van der Waals surface area contributed by atoms with Crippen LogP contribution in [0.4, 0.5) is 0 Å². The van der Waals surface area contributed by atoms with Gasteiger partial charge < -0.3 is 18.6 Å². The molecule has 1 atom stereocenters. The Morgan fingerprint density at radius 1 is 0.920 bits per heavy atom. The average molecular weight is 359 g/mol. The maximum absolute atomic E-state index is 12.5. The third kappa shape index (κ3) is 3.51. The number of hydrogen-bond acceptors (Lipinski definition) is 5. The molecule has 3 aromatic rings. The molecular formula is C18H17NO5S. The summed E-state index contributed by atoms with van der Waals surface area (Å²) in [6.07, 6.45) is 0. The predicted octanol–water partition coefficient (Wildman–Crippen LogP) is 2.96. The Labute approximate surface area is 147 Å². The molecule has 0 saturated heterocycles. The summed E-state index contributed by atoms with van der Waals surface area (Å²) in [7, 11) is 3.02. The largest absolute Gasteiger partial charge is 0.493 e. The van der Waals surface area contributed by atoms with Crippen molar-refractivity contribution >= 4 is 22.0 Å². The normalized spacial score (nSPS) is 12.0. The molecule has 0 spiro atoms. The van der Waals surface area contributed by atoms with E-state index in [2.05, 4.69) is 4.98 Å². The van der Waals surface area contributed by atoms with E-state index in [0.717, 1.165) is 5.56 Å². The van der Waals surface area contributed by atoms with Crippen molar-refractivity contribution in [1.82, 2.24) is 4.98 Å². The van der Waals surface area contributed by atoms with E-state index in [1.54, 1.807) is 24.3 Å². The molecule has 6 nitrogen and oxygen atoms in total. The molecule has 0 radical (unpaired) electrons. The molecule has 1 N–H and O–H groups in total. The minimum Gasteiger partial charge on any atom is -0.493 e. The minimum atomic E-state index is -1.75. The van der Waals surface area contributed by atoms with Gasteiger partial charge in [-0.3, -0.25) is 4.79 Å². The first-order valence-corrected chi connectivity index (χ1v) is 8.55. The minimum absolute atomic E-state index is 0.207. The van der Waals surface area contributed by atoms with Crippen LogP contribution < -0.4 is 19.2 Å². The number of methoxy groups -OCH3 is 2. The number of aromatic amines is 1. The van der Waals surface area contributed by atoms with Crippen molar-refractivity contribution in [2.45, 2.75) is 11.8 Å². The molecule has 1 aromatic heterocycles. The fourth-order valence-corrected chi connectivity index (χ4v) is 3.16. The number of pyridine rings is 1. The molecule has 2 aromatic carbocycles. The van der Waals surface area contributed by atoms with Crippen molar-refractivity contribution in [3.05, 3.63) is 58.4 Å². The first-order valence-electron chi connectivity index (χ1n) is 7.47. The molecule has 7 heteroatoms. The van der Waals surface area contributed by atoms with Crippen LogP contribution in [0.5, 0.6) is 17.2 Å². The maximum atomic E-state index is 12.5. The second kappa shape index (κ2) is 6.98. The number of ether oxygens (including phenoxy) is 2. The Morgan fingerprint density at radius 2 is 1.56 bits per heavy atom. The molecule has 0 fully saturated rings. The molecule has 0 aliphatic carbocycles. The Hall–Kier alpha value is -2.80. The number of hydrogen-bond donors (Lipinski definition) is 1. The van der Waals surface area contributed by atoms with Gasteiger partial charge >= 0.3 is 0 Å². The lowest BCUT2D eigenvalue weighted by Gasteiger charge is -2.12. The molecule has 0 aliphatic heterocycles. The molecule has 3 rings (SSSR count). The average Bonchev–Trinajstić information content (AvgIpc) is 2.61. The third-order valence-electron chi connectivity index (χ3n) is 3.69. The van der Waals surface area contributed by atoms with E-state index in [1.165, 1.54) is 20.3 Å². The van der Waals surface area contributed by atoms with E-state index in [-0.39, 0.29) is 11.3 Å². The SMILES string of the molecule is COc1cc2[nH]c(=O)cc(OS(=O)c3ccc(C)cc3)c2cc1OC. The molecule has 0 amide bonds. The van der Waals surface area contributed by atoms with Crippen molar-refractivity contribution in [3.63, 3.8) is 0 Å². The fraction of sp³-hybridized carbons (Fsp3) is 0.167. The van der Waals surface area contributed by atoms with E-state index in [9.17, 15) is 9.00 Å². The summed E-state index contributed by atoms with van der Waals surface area (Å²) in [5, 5.41) is 0.567. The highest BCUT2D eigenvalue weighted by Gasteiger charge is 2.14. The highest BCUT2D eigenvalue weighted by Crippen LogP contribution is 2.35. The van der Waals surface area contributed by atoms with Gasteiger partial charge in [-0.25, -0.2) is 4.21 Å². The molecule has 0 bridgehead atoms. The van der Waals surface area contributed by atoms with Crippen LogP contribution in [0.1, 0.15) is 5.56 Å². The molecule has 0 saturated carbocycles. The number of benzene rings is 2. The summed E-state index contributed by atoms with van der Waals surface area (Å²) in [5.74, 6) is 1.16. The van der Waals surface area contributed by atoms with Gasteiger partial charge in [0.2, 0.25) is 11.1 Å². The fourth-order valence-electron chi connectivity index (χ4n) is 2.40. The van der Waals surface area contributed by atoms with Gasteiger partial charge in [0.1, 0.15) is 0 Å². The lowest BCUT2D eigenvalue weighted by Crippen LogP contribution is -2.09. The second-order valence-electron chi connectivity index (χ2n) is 5.38. The summed E-state index contributed by atoms with van der Waals surface area (Å²) in [5.41, 5.74) is 1.19. The number of nitrogens with one attached hydrogen (secondary N) is 1. The monoisotopic (exact) mass is 359 g/mol. The standard InChI is InChI=1S/C18H17NO5S/c1-11-4-6-12(7-5-11)25(21)24-15-10-18(20)19-14-9-17(23-3)16(22-2)8-13(14)15/h4-10H,1-3H3,(H,19,20). The van der Waals surface area contributed by atoms with Crippen molar-refractivity contribution in [1.29, 1.82) is 0 Å². The van der Waals surface area contributed by atoms with Gasteiger partial charge in [0.25, 0.3) is 5.56 Å². The van der Waals surface area contributed by atoms with Crippen LogP contribution in [0, 0.1) is 6.92 Å². The highest BCUT2D eigenvalue weighted by molar-refractivity contribution is 7.80. The van der Waals surface area contributed by atoms with Crippen LogP contribution in [-0.4, -0.2) is 23.4 Å². The quantitative estimate of drug-likeness (QED) is 0.758. The number of rotatable bonds is 5. The van der Waals surface area contributed by atoms with E-state index in [1.807, 2.05) is 19.1 Å². The Kier molecular flexibility index (Phi) is 4.76. The summed E-state index contributed by atoms with van der Waals surface area (Å²) in [4.78, 5) is 15.1. The van der Waals surface area contributed by atoms with Crippen LogP contribution >= 0.6 is 0 Å². The van der Waals surface area contributed by atoms with Gasteiger partial charge in [0, 0.05) is 17.5 Å². The topological polar surface area (TPSA) is 77.6 Å². The molecular weight excluding hydrogens is 342 g/mol. The zero-order valence-corrected chi connectivity index (χ0v) is 14.8. The molecule has 0 aliphatic rings.